The van der Waals surface area contributed by atoms with Crippen molar-refractivity contribution in [3.8, 4) is 72.7 Å². The maximum Gasteiger partial charge on any atom is 2.00 e. The molecule has 0 aliphatic heterocycles. The number of pyridine rings is 2. The second-order valence-electron chi connectivity index (χ2n) is 19.2. The van der Waals surface area contributed by atoms with Crippen molar-refractivity contribution in [3.63, 3.8) is 0 Å². The first-order chi connectivity index (χ1) is 34.4. The van der Waals surface area contributed by atoms with Gasteiger partial charge in [-0.3, -0.25) is 0 Å². The summed E-state index contributed by atoms with van der Waals surface area (Å²) in [5.74, 6) is 0.872. The van der Waals surface area contributed by atoms with Crippen LogP contribution >= 0.6 is 0 Å². The molecule has 0 fully saturated rings. The van der Waals surface area contributed by atoms with Crippen LogP contribution in [0.2, 0.25) is 0 Å². The second-order valence-corrected chi connectivity index (χ2v) is 19.2. The Hall–Kier alpha value is -8.17. The number of fused-ring (bicyclic) bond motifs is 12. The number of anilines is 3. The van der Waals surface area contributed by atoms with Gasteiger partial charge in [0.25, 0.3) is 0 Å². The fourth-order valence-electron chi connectivity index (χ4n) is 10.6. The summed E-state index contributed by atoms with van der Waals surface area (Å²) >= 11 is 0. The van der Waals surface area contributed by atoms with Gasteiger partial charge < -0.3 is 14.5 Å². The Kier molecular flexibility index (Phi) is 11.0. The number of aromatic nitrogens is 3. The van der Waals surface area contributed by atoms with Crippen molar-refractivity contribution in [1.29, 1.82) is 0 Å². The Morgan fingerprint density at radius 2 is 1.01 bits per heavy atom. The number of benzene rings is 9. The summed E-state index contributed by atoms with van der Waals surface area (Å²) in [5.41, 5.74) is 20.1. The molecule has 1 aliphatic rings. The summed E-state index contributed by atoms with van der Waals surface area (Å²) < 4.78 is 2.25. The van der Waals surface area contributed by atoms with Crippen LogP contribution in [-0.4, -0.2) is 14.5 Å². The van der Waals surface area contributed by atoms with Crippen LogP contribution in [0, 0.1) is 12.1 Å². The molecule has 0 N–H and O–H groups in total. The summed E-state index contributed by atoms with van der Waals surface area (Å²) in [6.45, 7) is 6.72. The Labute approximate surface area is 428 Å². The minimum atomic E-state index is -0.0336. The third-order valence-electron chi connectivity index (χ3n) is 14.0. The minimum absolute atomic E-state index is 0. The van der Waals surface area contributed by atoms with Crippen LogP contribution in [0.1, 0.15) is 26.3 Å². The van der Waals surface area contributed by atoms with Crippen LogP contribution in [0.3, 0.4) is 0 Å². The van der Waals surface area contributed by atoms with E-state index in [9.17, 15) is 0 Å². The zero-order valence-corrected chi connectivity index (χ0v) is 41.7. The summed E-state index contributed by atoms with van der Waals surface area (Å²) in [5, 5.41) is 4.46. The van der Waals surface area contributed by atoms with Crippen LogP contribution in [0.5, 0.6) is 0 Å². The van der Waals surface area contributed by atoms with Crippen LogP contribution in [0.25, 0.3) is 105 Å². The quantitative estimate of drug-likeness (QED) is 0.156. The van der Waals surface area contributed by atoms with E-state index in [2.05, 4.69) is 255 Å². The molecule has 0 saturated heterocycles. The van der Waals surface area contributed by atoms with E-state index in [0.29, 0.717) is 0 Å². The predicted molar refractivity (Wildman–Crippen MR) is 291 cm³/mol. The summed E-state index contributed by atoms with van der Waals surface area (Å²) in [4.78, 5) is 12.2. The number of nitrogens with zero attached hydrogens (tertiary/aromatic N) is 4. The second kappa shape index (κ2) is 17.7. The summed E-state index contributed by atoms with van der Waals surface area (Å²) in [6, 6.07) is 84.2. The van der Waals surface area contributed by atoms with Gasteiger partial charge in [-0.05, 0) is 143 Å². The molecule has 12 aromatic rings. The molecule has 0 unspecified atom stereocenters. The zero-order valence-electron chi connectivity index (χ0n) is 39.5. The first-order valence-corrected chi connectivity index (χ1v) is 24.0. The van der Waals surface area contributed by atoms with Crippen LogP contribution < -0.4 is 4.90 Å². The zero-order chi connectivity index (χ0) is 46.9. The molecule has 3 heterocycles. The fourth-order valence-corrected chi connectivity index (χ4v) is 10.6. The average molecular weight is 1090 g/mol. The molecule has 0 bridgehead atoms. The molecule has 0 atom stereocenters. The van der Waals surface area contributed by atoms with Crippen molar-refractivity contribution in [1.82, 2.24) is 14.5 Å². The predicted octanol–water partition coefficient (Wildman–Crippen LogP) is 17.4. The number of hydrogen-bond acceptors (Lipinski definition) is 3. The van der Waals surface area contributed by atoms with Crippen LogP contribution in [-0.2, 0) is 26.5 Å². The van der Waals surface area contributed by atoms with Gasteiger partial charge in [0.1, 0.15) is 5.82 Å². The molecule has 3 aromatic heterocycles. The average Bonchev–Trinajstić information content (AvgIpc) is 3.74. The normalized spacial score (nSPS) is 11.8. The van der Waals surface area contributed by atoms with Crippen molar-refractivity contribution in [2.75, 3.05) is 4.90 Å². The Bertz CT molecular complexity index is 4010. The molecule has 1 aliphatic carbocycles. The van der Waals surface area contributed by atoms with Crippen molar-refractivity contribution >= 4 is 49.6 Å². The van der Waals surface area contributed by atoms with Crippen molar-refractivity contribution in [2.45, 2.75) is 26.2 Å². The molecule has 0 radical (unpaired) electrons. The van der Waals surface area contributed by atoms with Gasteiger partial charge in [0.15, 0.2) is 0 Å². The molecular weight excluding hydrogens is 1040 g/mol. The molecule has 0 amide bonds. The number of rotatable bonds is 6. The largest absolute Gasteiger partial charge is 2.00 e. The Balaban J connectivity index is 0.00000517. The number of para-hydroxylation sites is 2. The van der Waals surface area contributed by atoms with Gasteiger partial charge in [-0.15, -0.1) is 47.3 Å². The third kappa shape index (κ3) is 7.58. The molecule has 0 spiro atoms. The first-order valence-electron chi connectivity index (χ1n) is 24.0. The Morgan fingerprint density at radius 1 is 0.437 bits per heavy atom. The topological polar surface area (TPSA) is 34.0 Å². The monoisotopic (exact) mass is 1090 g/mol. The van der Waals surface area contributed by atoms with Crippen molar-refractivity contribution < 1.29 is 21.1 Å². The van der Waals surface area contributed by atoms with E-state index < -0.39 is 0 Å². The van der Waals surface area contributed by atoms with E-state index >= 15 is 0 Å². The van der Waals surface area contributed by atoms with E-state index in [1.807, 2.05) is 12.4 Å². The molecule has 9 aromatic carbocycles. The van der Waals surface area contributed by atoms with E-state index in [-0.39, 0.29) is 26.5 Å². The molecule has 0 saturated carbocycles. The van der Waals surface area contributed by atoms with Crippen molar-refractivity contribution in [2.24, 2.45) is 0 Å². The van der Waals surface area contributed by atoms with E-state index in [1.165, 1.54) is 50.1 Å². The van der Waals surface area contributed by atoms with Gasteiger partial charge in [0.05, 0.1) is 0 Å². The van der Waals surface area contributed by atoms with E-state index in [4.69, 9.17) is 9.97 Å². The van der Waals surface area contributed by atoms with Crippen LogP contribution in [0.15, 0.2) is 225 Å². The first kappa shape index (κ1) is 44.1. The van der Waals surface area contributed by atoms with Crippen molar-refractivity contribution in [3.05, 3.63) is 242 Å². The standard InChI is InChI=1S/C66H46N4.Pt/c1-66(2,3)47-35-37-67-64(41-47)70-62-27-14-13-26-59(62)60-33-30-50(42-63(60)70)69(48-17-5-4-6-18-48)49-19-15-16-46(39-49)65-51-31-28-43(38-45(51)34-36-68-65)44-29-32-58-56-24-10-9-22-54(56)52-20-7-8-21-53(52)55-23-11-12-25-57(55)61(58)40-44;/h4-38,40-41H,1-3H3;/q-2;+2. The van der Waals surface area contributed by atoms with Gasteiger partial charge in [-0.2, -0.15) is 6.07 Å². The smallest absolute Gasteiger partial charge is 0.352 e. The van der Waals surface area contributed by atoms with Gasteiger partial charge in [-0.1, -0.05) is 165 Å². The van der Waals surface area contributed by atoms with E-state index in [0.717, 1.165) is 77.8 Å². The maximum atomic E-state index is 5.03. The molecule has 340 valence electrons. The molecular formula is C66H46N4Pt. The molecule has 71 heavy (non-hydrogen) atoms. The summed E-state index contributed by atoms with van der Waals surface area (Å²) in [7, 11) is 0. The molecule has 5 heteroatoms. The van der Waals surface area contributed by atoms with Gasteiger partial charge in [0, 0.05) is 23.6 Å². The maximum absolute atomic E-state index is 5.03. The minimum Gasteiger partial charge on any atom is -0.352 e. The van der Waals surface area contributed by atoms with Gasteiger partial charge in [-0.25, -0.2) is 4.98 Å². The van der Waals surface area contributed by atoms with Crippen LogP contribution in [0.4, 0.5) is 17.1 Å². The SMILES string of the molecule is CC(C)(C)c1ccnc(-n2c3[c-]c(N(c4[c-]c(-c5nccc6cc(-c7ccc8c(c7)-c7ccccc7-c7ccccc7-c7ccccc7-8)ccc56)ccc4)c4ccccc4)ccc3c3ccccc32)c1.[Pt+2]. The van der Waals surface area contributed by atoms with Gasteiger partial charge >= 0.3 is 21.1 Å². The summed E-state index contributed by atoms with van der Waals surface area (Å²) in [6.07, 6.45) is 3.85. The molecule has 13 rings (SSSR count). The van der Waals surface area contributed by atoms with Gasteiger partial charge in [0.2, 0.25) is 0 Å². The number of hydrogen-bond donors (Lipinski definition) is 0. The Morgan fingerprint density at radius 3 is 1.72 bits per heavy atom. The fraction of sp³-hybridized carbons (Fsp3) is 0.0606. The third-order valence-corrected chi connectivity index (χ3v) is 14.0. The molecule has 4 nitrogen and oxygen atoms in total. The van der Waals surface area contributed by atoms with E-state index in [1.54, 1.807) is 0 Å².